The maximum atomic E-state index is 12.6. The molecule has 0 heterocycles. The summed E-state index contributed by atoms with van der Waals surface area (Å²) in [6.45, 7) is 6.00. The van der Waals surface area contributed by atoms with Crippen LogP contribution in [0.3, 0.4) is 0 Å². The van der Waals surface area contributed by atoms with Crippen molar-refractivity contribution in [3.8, 4) is 0 Å². The van der Waals surface area contributed by atoms with Gasteiger partial charge in [0.15, 0.2) is 0 Å². The molecule has 0 aliphatic heterocycles. The summed E-state index contributed by atoms with van der Waals surface area (Å²) < 4.78 is 38.2. The van der Waals surface area contributed by atoms with Crippen LogP contribution in [0.25, 0.3) is 0 Å². The third-order valence-electron chi connectivity index (χ3n) is 2.02. The number of rotatable bonds is 1. The van der Waals surface area contributed by atoms with E-state index < -0.39 is 11.7 Å². The summed E-state index contributed by atoms with van der Waals surface area (Å²) in [5.74, 6) is 0. The number of hydrogen-bond acceptors (Lipinski definition) is 0. The van der Waals surface area contributed by atoms with Crippen LogP contribution in [0.1, 0.15) is 31.9 Å². The van der Waals surface area contributed by atoms with Gasteiger partial charge < -0.3 is 0 Å². The van der Waals surface area contributed by atoms with Gasteiger partial charge in [-0.2, -0.15) is 13.2 Å². The fourth-order valence-electron chi connectivity index (χ4n) is 1.53. The molecule has 0 aliphatic carbocycles. The van der Waals surface area contributed by atoms with Crippen molar-refractivity contribution in [1.82, 2.24) is 0 Å². The monoisotopic (exact) mass is 294 g/mol. The predicted molar refractivity (Wildman–Crippen MR) is 62.3 cm³/mol. The fraction of sp³-hybridized carbons (Fsp3) is 0.500. The van der Waals surface area contributed by atoms with Gasteiger partial charge in [-0.05, 0) is 35.6 Å². The molecule has 1 aromatic rings. The molecule has 0 spiro atoms. The molecule has 0 bridgehead atoms. The SMILES string of the molecule is CC(C)(C)Cc1cc(Br)cc(C(F)(F)F)c1. The second-order valence-corrected chi connectivity index (χ2v) is 6.00. The Kier molecular flexibility index (Phi) is 3.72. The first kappa shape index (κ1) is 13.6. The third-order valence-corrected chi connectivity index (χ3v) is 2.48. The van der Waals surface area contributed by atoms with E-state index in [1.807, 2.05) is 20.8 Å². The van der Waals surface area contributed by atoms with E-state index in [2.05, 4.69) is 15.9 Å². The zero-order valence-corrected chi connectivity index (χ0v) is 11.0. The molecular formula is C12H14BrF3. The van der Waals surface area contributed by atoms with Gasteiger partial charge in [-0.1, -0.05) is 36.7 Å². The minimum atomic E-state index is -4.28. The Balaban J connectivity index is 3.09. The Morgan fingerprint density at radius 1 is 1.06 bits per heavy atom. The van der Waals surface area contributed by atoms with Crippen molar-refractivity contribution < 1.29 is 13.2 Å². The second kappa shape index (κ2) is 4.40. The first-order valence-corrected chi connectivity index (χ1v) is 5.74. The quantitative estimate of drug-likeness (QED) is 0.679. The van der Waals surface area contributed by atoms with Gasteiger partial charge in [0.1, 0.15) is 0 Å². The van der Waals surface area contributed by atoms with E-state index in [1.54, 1.807) is 6.07 Å². The van der Waals surface area contributed by atoms with Crippen LogP contribution < -0.4 is 0 Å². The van der Waals surface area contributed by atoms with Crippen LogP contribution >= 0.6 is 15.9 Å². The van der Waals surface area contributed by atoms with Crippen molar-refractivity contribution >= 4 is 15.9 Å². The summed E-state index contributed by atoms with van der Waals surface area (Å²) in [5.41, 5.74) is 0.0826. The first-order valence-electron chi connectivity index (χ1n) is 4.95. The van der Waals surface area contributed by atoms with Crippen LogP contribution in [-0.4, -0.2) is 0 Å². The summed E-state index contributed by atoms with van der Waals surface area (Å²) in [4.78, 5) is 0. The van der Waals surface area contributed by atoms with E-state index in [4.69, 9.17) is 0 Å². The van der Waals surface area contributed by atoms with Crippen LogP contribution in [-0.2, 0) is 12.6 Å². The Hall–Kier alpha value is -0.510. The average Bonchev–Trinajstić information content (AvgIpc) is 1.97. The van der Waals surface area contributed by atoms with Gasteiger partial charge in [0, 0.05) is 4.47 Å². The number of alkyl halides is 3. The highest BCUT2D eigenvalue weighted by Crippen LogP contribution is 2.33. The Morgan fingerprint density at radius 3 is 2.06 bits per heavy atom. The number of hydrogen-bond donors (Lipinski definition) is 0. The molecule has 0 saturated heterocycles. The average molecular weight is 295 g/mol. The topological polar surface area (TPSA) is 0 Å². The molecule has 0 aliphatic rings. The summed E-state index contributed by atoms with van der Waals surface area (Å²) in [5, 5.41) is 0. The van der Waals surface area contributed by atoms with Gasteiger partial charge in [0.05, 0.1) is 5.56 Å². The lowest BCUT2D eigenvalue weighted by atomic mass is 9.88. The molecule has 0 fully saturated rings. The van der Waals surface area contributed by atoms with Crippen molar-refractivity contribution in [1.29, 1.82) is 0 Å². The molecule has 1 rings (SSSR count). The standard InChI is InChI=1S/C12H14BrF3/c1-11(2,3)7-8-4-9(12(14,15)16)6-10(13)5-8/h4-6H,7H2,1-3H3. The maximum Gasteiger partial charge on any atom is 0.416 e. The van der Waals surface area contributed by atoms with Gasteiger partial charge in [-0.15, -0.1) is 0 Å². The summed E-state index contributed by atoms with van der Waals surface area (Å²) in [6, 6.07) is 4.06. The smallest absolute Gasteiger partial charge is 0.166 e. The van der Waals surface area contributed by atoms with Crippen molar-refractivity contribution in [2.75, 3.05) is 0 Å². The van der Waals surface area contributed by atoms with Crippen LogP contribution in [0.5, 0.6) is 0 Å². The highest BCUT2D eigenvalue weighted by Gasteiger charge is 2.31. The molecule has 0 N–H and O–H groups in total. The highest BCUT2D eigenvalue weighted by atomic mass is 79.9. The van der Waals surface area contributed by atoms with E-state index in [0.29, 0.717) is 16.5 Å². The molecule has 0 nitrogen and oxygen atoms in total. The fourth-order valence-corrected chi connectivity index (χ4v) is 2.07. The van der Waals surface area contributed by atoms with Crippen LogP contribution in [0, 0.1) is 5.41 Å². The molecule has 1 aromatic carbocycles. The molecule has 0 radical (unpaired) electrons. The van der Waals surface area contributed by atoms with Gasteiger partial charge >= 0.3 is 6.18 Å². The zero-order chi connectivity index (χ0) is 12.6. The largest absolute Gasteiger partial charge is 0.416 e. The van der Waals surface area contributed by atoms with Gasteiger partial charge in [0.2, 0.25) is 0 Å². The Labute approximate surface area is 102 Å². The maximum absolute atomic E-state index is 12.6. The van der Waals surface area contributed by atoms with Crippen LogP contribution in [0.15, 0.2) is 22.7 Å². The minimum absolute atomic E-state index is 0.0241. The number of benzene rings is 1. The second-order valence-electron chi connectivity index (χ2n) is 5.08. The zero-order valence-electron chi connectivity index (χ0n) is 9.45. The molecule has 0 amide bonds. The molecular weight excluding hydrogens is 281 g/mol. The summed E-state index contributed by atoms with van der Waals surface area (Å²) in [6.07, 6.45) is -3.66. The lowest BCUT2D eigenvalue weighted by molar-refractivity contribution is -0.137. The van der Waals surface area contributed by atoms with E-state index in [-0.39, 0.29) is 5.41 Å². The molecule has 16 heavy (non-hydrogen) atoms. The van der Waals surface area contributed by atoms with E-state index in [0.717, 1.165) is 6.07 Å². The number of halogens is 4. The van der Waals surface area contributed by atoms with Gasteiger partial charge in [-0.3, -0.25) is 0 Å². The molecule has 0 unspecified atom stereocenters. The summed E-state index contributed by atoms with van der Waals surface area (Å²) >= 11 is 3.11. The Morgan fingerprint density at radius 2 is 1.62 bits per heavy atom. The van der Waals surface area contributed by atoms with E-state index in [9.17, 15) is 13.2 Å². The highest BCUT2D eigenvalue weighted by molar-refractivity contribution is 9.10. The summed E-state index contributed by atoms with van der Waals surface area (Å²) in [7, 11) is 0. The minimum Gasteiger partial charge on any atom is -0.166 e. The van der Waals surface area contributed by atoms with Crippen molar-refractivity contribution in [3.63, 3.8) is 0 Å². The molecule has 0 saturated carbocycles. The van der Waals surface area contributed by atoms with Gasteiger partial charge in [-0.25, -0.2) is 0 Å². The predicted octanol–water partition coefficient (Wildman–Crippen LogP) is 5.06. The molecule has 0 aromatic heterocycles. The van der Waals surface area contributed by atoms with E-state index >= 15 is 0 Å². The van der Waals surface area contributed by atoms with Gasteiger partial charge in [0.25, 0.3) is 0 Å². The molecule has 4 heteroatoms. The van der Waals surface area contributed by atoms with Crippen LogP contribution in [0.4, 0.5) is 13.2 Å². The Bertz CT molecular complexity index is 375. The lowest BCUT2D eigenvalue weighted by Crippen LogP contribution is -2.11. The normalized spacial score (nSPS) is 12.9. The molecule has 90 valence electrons. The lowest BCUT2D eigenvalue weighted by Gasteiger charge is -2.19. The van der Waals surface area contributed by atoms with Crippen molar-refractivity contribution in [2.45, 2.75) is 33.4 Å². The first-order chi connectivity index (χ1) is 7.08. The van der Waals surface area contributed by atoms with Crippen LogP contribution in [0.2, 0.25) is 0 Å². The van der Waals surface area contributed by atoms with Crippen molar-refractivity contribution in [3.05, 3.63) is 33.8 Å². The third kappa shape index (κ3) is 4.16. The van der Waals surface area contributed by atoms with Crippen molar-refractivity contribution in [2.24, 2.45) is 5.41 Å². The molecule has 0 atom stereocenters. The van der Waals surface area contributed by atoms with E-state index in [1.165, 1.54) is 6.07 Å².